The van der Waals surface area contributed by atoms with Gasteiger partial charge in [0.1, 0.15) is 0 Å². The molecule has 25 heavy (non-hydrogen) atoms. The maximum absolute atomic E-state index is 12.8. The zero-order valence-electron chi connectivity index (χ0n) is 14.9. The Morgan fingerprint density at radius 1 is 1.16 bits per heavy atom. The molecular weight excluding hydrogens is 338 g/mol. The van der Waals surface area contributed by atoms with Crippen LogP contribution in [-0.2, 0) is 4.79 Å². The molecule has 0 saturated heterocycles. The van der Waals surface area contributed by atoms with Gasteiger partial charge in [0.2, 0.25) is 5.91 Å². The van der Waals surface area contributed by atoms with Gasteiger partial charge >= 0.3 is 0 Å². The van der Waals surface area contributed by atoms with Gasteiger partial charge in [0.15, 0.2) is 0 Å². The number of hydrogen-bond donors (Lipinski definition) is 3. The Morgan fingerprint density at radius 2 is 1.80 bits per heavy atom. The van der Waals surface area contributed by atoms with Crippen LogP contribution in [0.4, 0.5) is 5.69 Å². The van der Waals surface area contributed by atoms with Crippen LogP contribution in [0, 0.1) is 24.7 Å². The highest BCUT2D eigenvalue weighted by Gasteiger charge is 2.40. The van der Waals surface area contributed by atoms with Crippen molar-refractivity contribution in [3.63, 3.8) is 0 Å². The molecule has 6 heteroatoms. The number of nitrogens with one attached hydrogen (secondary N) is 2. The topological polar surface area (TPSA) is 84.2 Å². The van der Waals surface area contributed by atoms with E-state index in [9.17, 15) is 9.59 Å². The second-order valence-electron chi connectivity index (χ2n) is 7.24. The highest BCUT2D eigenvalue weighted by molar-refractivity contribution is 5.99. The van der Waals surface area contributed by atoms with Gasteiger partial charge in [-0.3, -0.25) is 9.59 Å². The van der Waals surface area contributed by atoms with Crippen molar-refractivity contribution in [1.82, 2.24) is 5.32 Å². The summed E-state index contributed by atoms with van der Waals surface area (Å²) in [6, 6.07) is 5.70. The van der Waals surface area contributed by atoms with Crippen LogP contribution in [0.5, 0.6) is 0 Å². The third-order valence-corrected chi connectivity index (χ3v) is 5.85. The molecule has 0 aliphatic heterocycles. The van der Waals surface area contributed by atoms with E-state index in [2.05, 4.69) is 10.6 Å². The number of fused-ring (bicyclic) bond motifs is 2. The first kappa shape index (κ1) is 19.7. The van der Waals surface area contributed by atoms with Gasteiger partial charge in [-0.15, -0.1) is 12.4 Å². The van der Waals surface area contributed by atoms with E-state index in [4.69, 9.17) is 5.73 Å². The molecule has 2 unspecified atom stereocenters. The Labute approximate surface area is 155 Å². The first-order valence-corrected chi connectivity index (χ1v) is 8.89. The number of carbonyl (C=O) groups excluding carboxylic acids is 2. The molecule has 2 aliphatic rings. The molecule has 0 radical (unpaired) electrons. The van der Waals surface area contributed by atoms with E-state index in [1.165, 1.54) is 6.42 Å². The van der Waals surface area contributed by atoms with Gasteiger partial charge in [0, 0.05) is 30.3 Å². The summed E-state index contributed by atoms with van der Waals surface area (Å²) in [5.41, 5.74) is 8.44. The zero-order chi connectivity index (χ0) is 17.3. The number of hydrogen-bond acceptors (Lipinski definition) is 3. The minimum atomic E-state index is -0.137. The summed E-state index contributed by atoms with van der Waals surface area (Å²) in [7, 11) is 1.61. The number of anilines is 1. The van der Waals surface area contributed by atoms with Crippen molar-refractivity contribution < 1.29 is 9.59 Å². The summed E-state index contributed by atoms with van der Waals surface area (Å²) in [6.07, 6.45) is 5.30. The molecule has 2 saturated carbocycles. The van der Waals surface area contributed by atoms with Crippen molar-refractivity contribution >= 4 is 29.9 Å². The molecule has 138 valence electrons. The van der Waals surface area contributed by atoms with Crippen molar-refractivity contribution in [3.05, 3.63) is 29.3 Å². The van der Waals surface area contributed by atoms with Crippen LogP contribution < -0.4 is 16.4 Å². The quantitative estimate of drug-likeness (QED) is 0.770. The van der Waals surface area contributed by atoms with Crippen molar-refractivity contribution in [2.24, 2.45) is 23.5 Å². The van der Waals surface area contributed by atoms with E-state index in [-0.39, 0.29) is 36.2 Å². The predicted molar refractivity (Wildman–Crippen MR) is 102 cm³/mol. The van der Waals surface area contributed by atoms with E-state index in [1.807, 2.05) is 13.0 Å². The number of nitrogens with two attached hydrogens (primary N) is 1. The molecule has 2 amide bonds. The van der Waals surface area contributed by atoms with Gasteiger partial charge in [0.25, 0.3) is 5.91 Å². The van der Waals surface area contributed by atoms with E-state index < -0.39 is 0 Å². The van der Waals surface area contributed by atoms with Gasteiger partial charge < -0.3 is 16.4 Å². The van der Waals surface area contributed by atoms with Gasteiger partial charge in [-0.1, -0.05) is 12.5 Å². The second kappa shape index (κ2) is 8.19. The van der Waals surface area contributed by atoms with E-state index in [0.29, 0.717) is 17.4 Å². The minimum absolute atomic E-state index is 0. The van der Waals surface area contributed by atoms with Crippen molar-refractivity contribution in [1.29, 1.82) is 0 Å². The van der Waals surface area contributed by atoms with Crippen LogP contribution in [0.2, 0.25) is 0 Å². The summed E-state index contributed by atoms with van der Waals surface area (Å²) in [5, 5.41) is 5.68. The lowest BCUT2D eigenvalue weighted by atomic mass is 9.65. The number of carbonyl (C=O) groups is 2. The largest absolute Gasteiger partial charge is 0.355 e. The fourth-order valence-corrected chi connectivity index (χ4v) is 4.39. The number of amides is 2. The van der Waals surface area contributed by atoms with Crippen LogP contribution in [0.3, 0.4) is 0 Å². The summed E-state index contributed by atoms with van der Waals surface area (Å²) in [5.74, 6) is 0.916. The molecule has 0 spiro atoms. The van der Waals surface area contributed by atoms with Crippen LogP contribution >= 0.6 is 12.4 Å². The molecular formula is C19H28ClN3O2. The molecule has 1 aromatic carbocycles. The van der Waals surface area contributed by atoms with Crippen molar-refractivity contribution in [2.75, 3.05) is 12.4 Å². The van der Waals surface area contributed by atoms with E-state index in [0.717, 1.165) is 36.9 Å². The molecule has 2 bridgehead atoms. The van der Waals surface area contributed by atoms with E-state index in [1.54, 1.807) is 19.2 Å². The predicted octanol–water partition coefficient (Wildman–Crippen LogP) is 2.87. The maximum atomic E-state index is 12.8. The van der Waals surface area contributed by atoms with Gasteiger partial charge in [-0.25, -0.2) is 0 Å². The lowest BCUT2D eigenvalue weighted by Crippen LogP contribution is -2.48. The fourth-order valence-electron chi connectivity index (χ4n) is 4.39. The first-order valence-electron chi connectivity index (χ1n) is 8.89. The van der Waals surface area contributed by atoms with Crippen molar-refractivity contribution in [2.45, 2.75) is 45.1 Å². The smallest absolute Gasteiger partial charge is 0.251 e. The van der Waals surface area contributed by atoms with Crippen LogP contribution in [0.15, 0.2) is 18.2 Å². The lowest BCUT2D eigenvalue weighted by Gasteiger charge is -2.43. The third-order valence-electron chi connectivity index (χ3n) is 5.85. The molecule has 4 N–H and O–H groups in total. The number of halogens is 1. The normalized spacial score (nSPS) is 27.8. The fraction of sp³-hybridized carbons (Fsp3) is 0.579. The van der Waals surface area contributed by atoms with Crippen LogP contribution in [0.1, 0.15) is 48.0 Å². The van der Waals surface area contributed by atoms with Crippen LogP contribution in [-0.4, -0.2) is 24.9 Å². The second-order valence-corrected chi connectivity index (χ2v) is 7.24. The molecule has 0 aromatic heterocycles. The summed E-state index contributed by atoms with van der Waals surface area (Å²) < 4.78 is 0. The number of benzene rings is 1. The molecule has 2 fully saturated rings. The summed E-state index contributed by atoms with van der Waals surface area (Å²) >= 11 is 0. The Kier molecular flexibility index (Phi) is 6.47. The average molecular weight is 366 g/mol. The van der Waals surface area contributed by atoms with Crippen molar-refractivity contribution in [3.8, 4) is 0 Å². The van der Waals surface area contributed by atoms with Gasteiger partial charge in [-0.2, -0.15) is 0 Å². The molecule has 1 aromatic rings. The highest BCUT2D eigenvalue weighted by Crippen LogP contribution is 2.42. The van der Waals surface area contributed by atoms with Gasteiger partial charge in [-0.05, 0) is 62.1 Å². The Bertz CT molecular complexity index is 636. The first-order chi connectivity index (χ1) is 11.5. The zero-order valence-corrected chi connectivity index (χ0v) is 15.7. The average Bonchev–Trinajstić information content (AvgIpc) is 2.55. The maximum Gasteiger partial charge on any atom is 0.251 e. The minimum Gasteiger partial charge on any atom is -0.355 e. The van der Waals surface area contributed by atoms with Crippen LogP contribution in [0.25, 0.3) is 0 Å². The number of rotatable bonds is 3. The summed E-state index contributed by atoms with van der Waals surface area (Å²) in [4.78, 5) is 24.7. The van der Waals surface area contributed by atoms with E-state index >= 15 is 0 Å². The standard InChI is InChI=1S/C19H27N3O2.ClH/c1-11-15(19(24)21-2)7-4-8-16(11)22-18(23)14-9-12-5-3-6-13(10-14)17(12)20;/h4,7-8,12-14,17H,3,5-6,9-10,20H2,1-2H3,(H,21,24)(H,22,23);1H. The summed E-state index contributed by atoms with van der Waals surface area (Å²) in [6.45, 7) is 1.87. The van der Waals surface area contributed by atoms with Gasteiger partial charge in [0.05, 0.1) is 0 Å². The molecule has 2 atom stereocenters. The lowest BCUT2D eigenvalue weighted by molar-refractivity contribution is -0.122. The third kappa shape index (κ3) is 3.98. The molecule has 3 rings (SSSR count). The Hall–Kier alpha value is -1.59. The Morgan fingerprint density at radius 3 is 2.40 bits per heavy atom. The Balaban J connectivity index is 0.00000225. The molecule has 0 heterocycles. The molecule has 2 aliphatic carbocycles. The molecule has 5 nitrogen and oxygen atoms in total. The highest BCUT2D eigenvalue weighted by atomic mass is 35.5. The monoisotopic (exact) mass is 365 g/mol. The SMILES string of the molecule is CNC(=O)c1cccc(NC(=O)C2CC3CCCC(C2)C3N)c1C.Cl.